The zero-order valence-corrected chi connectivity index (χ0v) is 34.8. The highest BCUT2D eigenvalue weighted by Gasteiger charge is 2.17. The Kier molecular flexibility index (Phi) is 7.43. The number of para-hydroxylation sites is 3. The van der Waals surface area contributed by atoms with Crippen LogP contribution in [0, 0.1) is 0 Å². The van der Waals surface area contributed by atoms with E-state index in [9.17, 15) is 0 Å². The molecule has 2 heteroatoms. The van der Waals surface area contributed by atoms with Gasteiger partial charge >= 0.3 is 0 Å². The second-order valence-electron chi connectivity index (χ2n) is 17.3. The van der Waals surface area contributed by atoms with Gasteiger partial charge in [0.25, 0.3) is 0 Å². The molecule has 12 aromatic carbocycles. The van der Waals surface area contributed by atoms with E-state index in [0.29, 0.717) is 0 Å². The number of rotatable bonds is 4. The average Bonchev–Trinajstić information content (AvgIpc) is 3.88. The maximum Gasteiger partial charge on any atom is 0.0541 e. The van der Waals surface area contributed by atoms with Gasteiger partial charge in [-0.2, -0.15) is 0 Å². The van der Waals surface area contributed by atoms with Crippen molar-refractivity contribution in [2.24, 2.45) is 0 Å². The molecule has 0 atom stereocenters. The van der Waals surface area contributed by atoms with Crippen molar-refractivity contribution in [2.75, 3.05) is 0 Å². The van der Waals surface area contributed by atoms with Gasteiger partial charge in [0.1, 0.15) is 0 Å². The van der Waals surface area contributed by atoms with Crippen LogP contribution in [-0.4, -0.2) is 9.13 Å². The highest BCUT2D eigenvalue weighted by molar-refractivity contribution is 6.26. The van der Waals surface area contributed by atoms with Crippen molar-refractivity contribution >= 4 is 97.5 Å². The molecule has 0 saturated heterocycles. The second-order valence-corrected chi connectivity index (χ2v) is 17.3. The van der Waals surface area contributed by atoms with Gasteiger partial charge in [0, 0.05) is 32.9 Å². The molecule has 0 saturated carbocycles. The fourth-order valence-electron chi connectivity index (χ4n) is 10.9. The Morgan fingerprint density at radius 1 is 0.188 bits per heavy atom. The first-order valence-electron chi connectivity index (χ1n) is 22.2. The molecule has 2 aromatic heterocycles. The Hall–Kier alpha value is -8.46. The van der Waals surface area contributed by atoms with Gasteiger partial charge in [0.15, 0.2) is 0 Å². The van der Waals surface area contributed by atoms with Gasteiger partial charge in [0.05, 0.1) is 22.1 Å². The number of aromatic nitrogens is 2. The van der Waals surface area contributed by atoms with Crippen molar-refractivity contribution in [1.29, 1.82) is 0 Å². The zero-order chi connectivity index (χ0) is 41.9. The summed E-state index contributed by atoms with van der Waals surface area (Å²) < 4.78 is 4.81. The highest BCUT2D eigenvalue weighted by Crippen LogP contribution is 2.41. The molecule has 0 amide bonds. The molecule has 0 unspecified atom stereocenters. The number of benzene rings is 12. The van der Waals surface area contributed by atoms with Crippen molar-refractivity contribution in [3.8, 4) is 33.6 Å². The van der Waals surface area contributed by atoms with Crippen LogP contribution in [0.2, 0.25) is 0 Å². The van der Waals surface area contributed by atoms with Crippen LogP contribution in [0.15, 0.2) is 231 Å². The molecular formula is C62H38N2. The van der Waals surface area contributed by atoms with Crippen LogP contribution in [0.1, 0.15) is 0 Å². The van der Waals surface area contributed by atoms with Crippen LogP contribution in [0.3, 0.4) is 0 Å². The highest BCUT2D eigenvalue weighted by atomic mass is 15.0. The minimum Gasteiger partial charge on any atom is -0.309 e. The van der Waals surface area contributed by atoms with Crippen LogP contribution in [0.4, 0.5) is 0 Å². The third kappa shape index (κ3) is 5.14. The van der Waals surface area contributed by atoms with Gasteiger partial charge in [-0.3, -0.25) is 0 Å². The topological polar surface area (TPSA) is 9.86 Å². The first-order valence-corrected chi connectivity index (χ1v) is 22.2. The lowest BCUT2D eigenvalue weighted by atomic mass is 9.91. The van der Waals surface area contributed by atoms with E-state index in [2.05, 4.69) is 240 Å². The minimum atomic E-state index is 1.16. The van der Waals surface area contributed by atoms with Gasteiger partial charge in [-0.25, -0.2) is 0 Å². The van der Waals surface area contributed by atoms with E-state index in [1.54, 1.807) is 0 Å². The molecule has 64 heavy (non-hydrogen) atoms. The molecular weight excluding hydrogens is 773 g/mol. The zero-order valence-electron chi connectivity index (χ0n) is 34.8. The predicted molar refractivity (Wildman–Crippen MR) is 274 cm³/mol. The van der Waals surface area contributed by atoms with Gasteiger partial charge in [-0.05, 0) is 149 Å². The van der Waals surface area contributed by atoms with Crippen LogP contribution >= 0.6 is 0 Å². The first-order chi connectivity index (χ1) is 31.7. The van der Waals surface area contributed by atoms with Crippen molar-refractivity contribution in [2.45, 2.75) is 0 Å². The molecule has 0 aliphatic rings. The summed E-state index contributed by atoms with van der Waals surface area (Å²) in [5.41, 5.74) is 12.1. The monoisotopic (exact) mass is 810 g/mol. The Morgan fingerprint density at radius 3 is 1.14 bits per heavy atom. The smallest absolute Gasteiger partial charge is 0.0541 e. The SMILES string of the molecule is c1ccc(-n2c3ccccc3c3cc(-c4ccc5c(c4)c4ccccc4n5-c4ccc5c(ccc6cc(-c7ccc8c9ccccc9c9ccccc9c8c7)ccc65)c4)ccc32)cc1. The fourth-order valence-corrected chi connectivity index (χ4v) is 10.9. The maximum atomic E-state index is 2.44. The standard InChI is InChI=1S/C62H38N2/c1-2-12-45(13-3-1)63-59-20-10-8-18-54(59)57-37-41(26-32-61(57)63)42-27-33-62-58(38-42)55-19-9-11-21-60(55)64(62)46-28-31-48-44(35-46)23-22-43-34-39(24-29-47(43)48)40-25-30-53-51-16-5-4-14-49(51)50-15-6-7-17-52(50)56(53)36-40/h1-38H. The number of nitrogens with zero attached hydrogens (tertiary/aromatic N) is 2. The fraction of sp³-hybridized carbons (Fsp3) is 0. The molecule has 14 rings (SSSR count). The van der Waals surface area contributed by atoms with E-state index in [1.165, 1.54) is 125 Å². The van der Waals surface area contributed by atoms with E-state index < -0.39 is 0 Å². The van der Waals surface area contributed by atoms with E-state index in [-0.39, 0.29) is 0 Å². The molecule has 0 radical (unpaired) electrons. The summed E-state index contributed by atoms with van der Waals surface area (Å²) in [6.45, 7) is 0. The van der Waals surface area contributed by atoms with Gasteiger partial charge < -0.3 is 9.13 Å². The van der Waals surface area contributed by atoms with E-state index in [4.69, 9.17) is 0 Å². The molecule has 0 N–H and O–H groups in total. The van der Waals surface area contributed by atoms with Gasteiger partial charge in [0.2, 0.25) is 0 Å². The first kappa shape index (κ1) is 35.2. The number of hydrogen-bond acceptors (Lipinski definition) is 0. The molecule has 0 spiro atoms. The quantitative estimate of drug-likeness (QED) is 0.157. The van der Waals surface area contributed by atoms with E-state index in [0.717, 1.165) is 5.69 Å². The van der Waals surface area contributed by atoms with Crippen LogP contribution in [-0.2, 0) is 0 Å². The predicted octanol–water partition coefficient (Wildman–Crippen LogP) is 17.0. The maximum absolute atomic E-state index is 2.44. The summed E-state index contributed by atoms with van der Waals surface area (Å²) in [5.74, 6) is 0. The summed E-state index contributed by atoms with van der Waals surface area (Å²) in [6, 6.07) is 85.3. The minimum absolute atomic E-state index is 1.16. The third-order valence-corrected chi connectivity index (χ3v) is 13.8. The molecule has 0 aliphatic carbocycles. The van der Waals surface area contributed by atoms with E-state index >= 15 is 0 Å². The normalized spacial score (nSPS) is 12.1. The van der Waals surface area contributed by atoms with Crippen LogP contribution < -0.4 is 0 Å². The van der Waals surface area contributed by atoms with E-state index in [1.807, 2.05) is 0 Å². The van der Waals surface area contributed by atoms with Crippen molar-refractivity contribution in [3.05, 3.63) is 231 Å². The van der Waals surface area contributed by atoms with Crippen LogP contribution in [0.5, 0.6) is 0 Å². The summed E-state index contributed by atoms with van der Waals surface area (Å²) >= 11 is 0. The number of hydrogen-bond donors (Lipinski definition) is 0. The van der Waals surface area contributed by atoms with Crippen molar-refractivity contribution < 1.29 is 0 Å². The summed E-state index contributed by atoms with van der Waals surface area (Å²) in [7, 11) is 0. The largest absolute Gasteiger partial charge is 0.309 e. The van der Waals surface area contributed by atoms with Crippen molar-refractivity contribution in [1.82, 2.24) is 9.13 Å². The third-order valence-electron chi connectivity index (χ3n) is 13.8. The van der Waals surface area contributed by atoms with Crippen molar-refractivity contribution in [3.63, 3.8) is 0 Å². The molecule has 0 bridgehead atoms. The molecule has 296 valence electrons. The second kappa shape index (κ2) is 13.5. The summed E-state index contributed by atoms with van der Waals surface area (Å²) in [6.07, 6.45) is 0. The Morgan fingerprint density at radius 2 is 0.562 bits per heavy atom. The Bertz CT molecular complexity index is 4210. The molecule has 0 fully saturated rings. The lowest BCUT2D eigenvalue weighted by Crippen LogP contribution is -1.94. The molecule has 0 aliphatic heterocycles. The molecule has 14 aromatic rings. The number of fused-ring (bicyclic) bond motifs is 15. The summed E-state index contributed by atoms with van der Waals surface area (Å²) in [4.78, 5) is 0. The van der Waals surface area contributed by atoms with Gasteiger partial charge in [-0.15, -0.1) is 0 Å². The van der Waals surface area contributed by atoms with Crippen LogP contribution in [0.25, 0.3) is 131 Å². The average molecular weight is 811 g/mol. The molecule has 2 heterocycles. The Balaban J connectivity index is 0.858. The summed E-state index contributed by atoms with van der Waals surface area (Å²) in [5, 5.41) is 17.8. The van der Waals surface area contributed by atoms with Gasteiger partial charge in [-0.1, -0.05) is 158 Å². The lowest BCUT2D eigenvalue weighted by Gasteiger charge is -2.13. The molecule has 2 nitrogen and oxygen atoms in total. The Labute approximate surface area is 369 Å². The lowest BCUT2D eigenvalue weighted by molar-refractivity contribution is 1.18.